The number of hydrogen-bond acceptors (Lipinski definition) is 3. The number of aliphatic carboxylic acids is 1. The van der Waals surface area contributed by atoms with E-state index >= 15 is 0 Å². The van der Waals surface area contributed by atoms with Crippen molar-refractivity contribution in [3.63, 3.8) is 0 Å². The minimum absolute atomic E-state index is 0.127. The molecule has 0 spiro atoms. The van der Waals surface area contributed by atoms with Gasteiger partial charge in [-0.15, -0.1) is 0 Å². The summed E-state index contributed by atoms with van der Waals surface area (Å²) in [6.45, 7) is 0. The largest absolute Gasteiger partial charge is 0.508 e. The van der Waals surface area contributed by atoms with Crippen LogP contribution in [0.3, 0.4) is 0 Å². The third-order valence-electron chi connectivity index (χ3n) is 2.04. The molecule has 0 bridgehead atoms. The summed E-state index contributed by atoms with van der Waals surface area (Å²) in [5, 5.41) is 17.5. The number of carbonyl (C=O) groups is 1. The third kappa shape index (κ3) is 2.91. The van der Waals surface area contributed by atoms with E-state index < -0.39 is 12.0 Å². The molecule has 0 saturated carbocycles. The van der Waals surface area contributed by atoms with Gasteiger partial charge in [0.2, 0.25) is 0 Å². The van der Waals surface area contributed by atoms with Crippen LogP contribution in [0.4, 0.5) is 0 Å². The monoisotopic (exact) mass is 183 g/mol. The Balaban J connectivity index is 2.41. The highest BCUT2D eigenvalue weighted by Gasteiger charge is 2.17. The molecule has 0 aliphatic heterocycles. The molecule has 0 aromatic heterocycles. The highest BCUT2D eigenvalue weighted by Crippen LogP contribution is 2.19. The molecular weight excluding hydrogens is 170 g/mol. The van der Waals surface area contributed by atoms with Gasteiger partial charge in [0.25, 0.3) is 0 Å². The number of carboxylic acids is 1. The summed E-state index contributed by atoms with van der Waals surface area (Å²) in [5.41, 5.74) is 5.37. The molecule has 4 nitrogen and oxygen atoms in total. The molecule has 1 aliphatic rings. The zero-order valence-corrected chi connectivity index (χ0v) is 7.18. The van der Waals surface area contributed by atoms with Crippen LogP contribution in [0.15, 0.2) is 24.0 Å². The summed E-state index contributed by atoms with van der Waals surface area (Å²) in [4.78, 5) is 10.4. The van der Waals surface area contributed by atoms with Crippen LogP contribution in [0.5, 0.6) is 0 Å². The first-order chi connectivity index (χ1) is 6.09. The molecule has 1 unspecified atom stereocenters. The standard InChI is InChI=1S/C9H13NO3/c10-8(9(12)13)5-6-1-3-7(11)4-2-6/h1,3-4,6,8,11H,2,5,10H2,(H,12,13)/t6?,8-/m0/s1. The molecule has 0 fully saturated rings. The molecule has 1 aliphatic carbocycles. The van der Waals surface area contributed by atoms with Gasteiger partial charge >= 0.3 is 5.97 Å². The summed E-state index contributed by atoms with van der Waals surface area (Å²) in [7, 11) is 0. The Bertz CT molecular complexity index is 258. The van der Waals surface area contributed by atoms with Crippen LogP contribution in [0.1, 0.15) is 12.8 Å². The van der Waals surface area contributed by atoms with E-state index in [1.165, 1.54) is 0 Å². The lowest BCUT2D eigenvalue weighted by Crippen LogP contribution is -2.32. The third-order valence-corrected chi connectivity index (χ3v) is 2.04. The van der Waals surface area contributed by atoms with Crippen molar-refractivity contribution >= 4 is 5.97 Å². The van der Waals surface area contributed by atoms with Gasteiger partial charge in [0, 0.05) is 0 Å². The first kappa shape index (κ1) is 9.80. The van der Waals surface area contributed by atoms with E-state index in [0.717, 1.165) is 0 Å². The highest BCUT2D eigenvalue weighted by atomic mass is 16.4. The zero-order valence-electron chi connectivity index (χ0n) is 7.18. The second-order valence-corrected chi connectivity index (χ2v) is 3.16. The van der Waals surface area contributed by atoms with Crippen molar-refractivity contribution in [1.82, 2.24) is 0 Å². The van der Waals surface area contributed by atoms with Crippen LogP contribution in [-0.2, 0) is 4.79 Å². The van der Waals surface area contributed by atoms with Crippen molar-refractivity contribution in [1.29, 1.82) is 0 Å². The molecule has 13 heavy (non-hydrogen) atoms. The predicted octanol–water partition coefficient (Wildman–Crippen LogP) is 0.806. The Hall–Kier alpha value is -1.29. The van der Waals surface area contributed by atoms with E-state index in [2.05, 4.69) is 0 Å². The minimum atomic E-state index is -0.979. The van der Waals surface area contributed by atoms with E-state index in [1.807, 2.05) is 0 Å². The van der Waals surface area contributed by atoms with Gasteiger partial charge in [0.15, 0.2) is 0 Å². The molecule has 4 N–H and O–H groups in total. The topological polar surface area (TPSA) is 83.5 Å². The van der Waals surface area contributed by atoms with E-state index in [4.69, 9.17) is 15.9 Å². The quantitative estimate of drug-likeness (QED) is 0.604. The number of hydrogen-bond donors (Lipinski definition) is 3. The van der Waals surface area contributed by atoms with Crippen molar-refractivity contribution in [2.45, 2.75) is 18.9 Å². The van der Waals surface area contributed by atoms with Crippen LogP contribution in [-0.4, -0.2) is 22.2 Å². The fourth-order valence-electron chi connectivity index (χ4n) is 1.26. The fraction of sp³-hybridized carbons (Fsp3) is 0.444. The summed E-state index contributed by atoms with van der Waals surface area (Å²) in [5.74, 6) is -0.616. The van der Waals surface area contributed by atoms with E-state index in [9.17, 15) is 4.79 Å². The lowest BCUT2D eigenvalue weighted by molar-refractivity contribution is -0.138. The second kappa shape index (κ2) is 4.09. The SMILES string of the molecule is N[C@@H](CC1C=CC(O)=CC1)C(=O)O. The van der Waals surface area contributed by atoms with Gasteiger partial charge in [0.1, 0.15) is 11.8 Å². The van der Waals surface area contributed by atoms with Crippen LogP contribution in [0.25, 0.3) is 0 Å². The second-order valence-electron chi connectivity index (χ2n) is 3.16. The number of carboxylic acid groups (broad SMARTS) is 1. The van der Waals surface area contributed by atoms with Gasteiger partial charge in [-0.05, 0) is 30.9 Å². The summed E-state index contributed by atoms with van der Waals surface area (Å²) < 4.78 is 0. The maximum absolute atomic E-state index is 10.4. The maximum atomic E-state index is 10.4. The molecule has 0 heterocycles. The Morgan fingerprint density at radius 3 is 2.92 bits per heavy atom. The van der Waals surface area contributed by atoms with E-state index in [-0.39, 0.29) is 11.7 Å². The summed E-state index contributed by atoms with van der Waals surface area (Å²) in [6.07, 6.45) is 6.10. The molecule has 0 amide bonds. The summed E-state index contributed by atoms with van der Waals surface area (Å²) >= 11 is 0. The van der Waals surface area contributed by atoms with Gasteiger partial charge in [0.05, 0.1) is 0 Å². The molecule has 4 heteroatoms. The first-order valence-corrected chi connectivity index (χ1v) is 4.15. The lowest BCUT2D eigenvalue weighted by atomic mass is 9.93. The van der Waals surface area contributed by atoms with E-state index in [1.54, 1.807) is 18.2 Å². The normalized spacial score (nSPS) is 23.8. The Kier molecular flexibility index (Phi) is 3.08. The average Bonchev–Trinajstić information content (AvgIpc) is 2.08. The number of rotatable bonds is 3. The maximum Gasteiger partial charge on any atom is 0.320 e. The lowest BCUT2D eigenvalue weighted by Gasteiger charge is -2.15. The molecule has 72 valence electrons. The Labute approximate surface area is 76.4 Å². The van der Waals surface area contributed by atoms with Crippen LogP contribution >= 0.6 is 0 Å². The van der Waals surface area contributed by atoms with Crippen molar-refractivity contribution in [3.8, 4) is 0 Å². The Morgan fingerprint density at radius 2 is 2.46 bits per heavy atom. The van der Waals surface area contributed by atoms with Crippen molar-refractivity contribution in [2.24, 2.45) is 11.7 Å². The van der Waals surface area contributed by atoms with Crippen LogP contribution in [0, 0.1) is 5.92 Å². The number of nitrogens with two attached hydrogens (primary N) is 1. The number of aliphatic hydroxyl groups is 1. The molecule has 0 aromatic rings. The molecule has 0 aromatic carbocycles. The molecule has 0 saturated heterocycles. The van der Waals surface area contributed by atoms with Crippen LogP contribution in [0.2, 0.25) is 0 Å². The van der Waals surface area contributed by atoms with Gasteiger partial charge in [-0.3, -0.25) is 4.79 Å². The van der Waals surface area contributed by atoms with Gasteiger partial charge in [-0.2, -0.15) is 0 Å². The van der Waals surface area contributed by atoms with Crippen molar-refractivity contribution in [2.75, 3.05) is 0 Å². The van der Waals surface area contributed by atoms with Gasteiger partial charge in [-0.1, -0.05) is 6.08 Å². The number of aliphatic hydroxyl groups excluding tert-OH is 1. The molecule has 0 radical (unpaired) electrons. The summed E-state index contributed by atoms with van der Waals surface area (Å²) in [6, 6.07) is -0.816. The zero-order chi connectivity index (χ0) is 9.84. The Morgan fingerprint density at radius 1 is 1.77 bits per heavy atom. The van der Waals surface area contributed by atoms with Crippen LogP contribution < -0.4 is 5.73 Å². The van der Waals surface area contributed by atoms with Crippen molar-refractivity contribution in [3.05, 3.63) is 24.0 Å². The minimum Gasteiger partial charge on any atom is -0.508 e. The first-order valence-electron chi connectivity index (χ1n) is 4.15. The number of allylic oxidation sites excluding steroid dienone is 3. The smallest absolute Gasteiger partial charge is 0.320 e. The molecule has 1 rings (SSSR count). The highest BCUT2D eigenvalue weighted by molar-refractivity contribution is 5.73. The van der Waals surface area contributed by atoms with E-state index in [0.29, 0.717) is 12.8 Å². The van der Waals surface area contributed by atoms with Gasteiger partial charge < -0.3 is 15.9 Å². The molecule has 2 atom stereocenters. The fourth-order valence-corrected chi connectivity index (χ4v) is 1.26. The van der Waals surface area contributed by atoms with Gasteiger partial charge in [-0.25, -0.2) is 0 Å². The van der Waals surface area contributed by atoms with Crippen molar-refractivity contribution < 1.29 is 15.0 Å². The molecular formula is C9H13NO3. The average molecular weight is 183 g/mol. The predicted molar refractivity (Wildman–Crippen MR) is 48.2 cm³/mol.